The molecule has 1 saturated heterocycles. The molecular formula is C13H27N3O. The van der Waals surface area contributed by atoms with E-state index in [1.807, 2.05) is 0 Å². The Hall–Kier alpha value is -0.610. The molecule has 0 aromatic heterocycles. The van der Waals surface area contributed by atoms with Gasteiger partial charge in [-0.1, -0.05) is 13.8 Å². The van der Waals surface area contributed by atoms with Gasteiger partial charge in [0.05, 0.1) is 0 Å². The summed E-state index contributed by atoms with van der Waals surface area (Å²) in [5.41, 5.74) is 5.66. The minimum absolute atomic E-state index is 0.143. The average Bonchev–Trinajstić information content (AvgIpc) is 2.77. The molecule has 0 aliphatic carbocycles. The fraction of sp³-hybridized carbons (Fsp3) is 0.923. The molecule has 0 radical (unpaired) electrons. The molecule has 4 nitrogen and oxygen atoms in total. The van der Waals surface area contributed by atoms with Crippen molar-refractivity contribution in [2.24, 2.45) is 17.6 Å². The van der Waals surface area contributed by atoms with Gasteiger partial charge in [0.2, 0.25) is 5.91 Å². The Bertz CT molecular complexity index is 225. The van der Waals surface area contributed by atoms with E-state index in [0.717, 1.165) is 25.9 Å². The highest BCUT2D eigenvalue weighted by Crippen LogP contribution is 2.14. The lowest BCUT2D eigenvalue weighted by atomic mass is 10.0. The van der Waals surface area contributed by atoms with Crippen molar-refractivity contribution < 1.29 is 4.79 Å². The van der Waals surface area contributed by atoms with Gasteiger partial charge in [0.15, 0.2) is 0 Å². The smallest absolute Gasteiger partial charge is 0.220 e. The maximum absolute atomic E-state index is 11.8. The van der Waals surface area contributed by atoms with Crippen LogP contribution >= 0.6 is 0 Å². The van der Waals surface area contributed by atoms with Gasteiger partial charge in [-0.05, 0) is 44.2 Å². The fourth-order valence-electron chi connectivity index (χ4n) is 2.38. The molecule has 1 aliphatic heterocycles. The van der Waals surface area contributed by atoms with Crippen molar-refractivity contribution in [3.63, 3.8) is 0 Å². The number of rotatable bonds is 7. The minimum Gasteiger partial charge on any atom is -0.352 e. The number of carbonyl (C=O) groups is 1. The van der Waals surface area contributed by atoms with E-state index in [1.54, 1.807) is 0 Å². The van der Waals surface area contributed by atoms with Crippen molar-refractivity contribution in [2.45, 2.75) is 45.6 Å². The molecule has 4 N–H and O–H groups in total. The van der Waals surface area contributed by atoms with Crippen LogP contribution in [0.3, 0.4) is 0 Å². The average molecular weight is 241 g/mol. The maximum Gasteiger partial charge on any atom is 0.220 e. The van der Waals surface area contributed by atoms with Gasteiger partial charge in [0.25, 0.3) is 0 Å². The molecule has 1 amide bonds. The second-order valence-corrected chi connectivity index (χ2v) is 5.53. The first kappa shape index (κ1) is 14.5. The normalized spacial score (nSPS) is 21.8. The number of nitrogens with one attached hydrogen (secondary N) is 2. The highest BCUT2D eigenvalue weighted by molar-refractivity contribution is 5.76. The highest BCUT2D eigenvalue weighted by Gasteiger charge is 2.17. The van der Waals surface area contributed by atoms with Crippen LogP contribution in [0.2, 0.25) is 0 Å². The number of hydrogen-bond acceptors (Lipinski definition) is 3. The van der Waals surface area contributed by atoms with Gasteiger partial charge in [-0.3, -0.25) is 4.79 Å². The summed E-state index contributed by atoms with van der Waals surface area (Å²) in [4.78, 5) is 11.8. The van der Waals surface area contributed by atoms with Crippen LogP contribution in [-0.2, 0) is 4.79 Å². The van der Waals surface area contributed by atoms with Gasteiger partial charge in [-0.25, -0.2) is 0 Å². The van der Waals surface area contributed by atoms with E-state index in [1.165, 1.54) is 6.42 Å². The monoisotopic (exact) mass is 241 g/mol. The zero-order chi connectivity index (χ0) is 12.7. The quantitative estimate of drug-likeness (QED) is 0.619. The lowest BCUT2D eigenvalue weighted by Crippen LogP contribution is -2.41. The van der Waals surface area contributed by atoms with Gasteiger partial charge < -0.3 is 16.4 Å². The zero-order valence-corrected chi connectivity index (χ0v) is 11.2. The number of hydrogen-bond donors (Lipinski definition) is 3. The van der Waals surface area contributed by atoms with Crippen molar-refractivity contribution in [3.05, 3.63) is 0 Å². The Morgan fingerprint density at radius 3 is 2.82 bits per heavy atom. The molecule has 0 saturated carbocycles. The molecule has 0 spiro atoms. The molecule has 2 atom stereocenters. The molecule has 0 aromatic rings. The van der Waals surface area contributed by atoms with E-state index >= 15 is 0 Å². The molecule has 17 heavy (non-hydrogen) atoms. The van der Waals surface area contributed by atoms with Gasteiger partial charge in [0.1, 0.15) is 0 Å². The lowest BCUT2D eigenvalue weighted by molar-refractivity contribution is -0.122. The molecule has 2 unspecified atom stereocenters. The fourth-order valence-corrected chi connectivity index (χ4v) is 2.38. The molecule has 1 heterocycles. The van der Waals surface area contributed by atoms with Gasteiger partial charge in [0, 0.05) is 19.0 Å². The second-order valence-electron chi connectivity index (χ2n) is 5.53. The van der Waals surface area contributed by atoms with E-state index in [9.17, 15) is 4.79 Å². The molecule has 100 valence electrons. The Kier molecular flexibility index (Phi) is 6.52. The van der Waals surface area contributed by atoms with Crippen molar-refractivity contribution in [1.29, 1.82) is 0 Å². The van der Waals surface area contributed by atoms with Crippen molar-refractivity contribution in [2.75, 3.05) is 19.6 Å². The molecule has 1 fully saturated rings. The first-order valence-electron chi connectivity index (χ1n) is 6.82. The standard InChI is InChI=1S/C13H27N3O/c1-10(2)7-12(8-14)16-13(17)4-3-11-5-6-15-9-11/h10-12,15H,3-9,14H2,1-2H3,(H,16,17). The van der Waals surface area contributed by atoms with Crippen LogP contribution in [0.1, 0.15) is 39.5 Å². The third-order valence-corrected chi connectivity index (χ3v) is 3.35. The topological polar surface area (TPSA) is 67.1 Å². The van der Waals surface area contributed by atoms with E-state index in [-0.39, 0.29) is 11.9 Å². The maximum atomic E-state index is 11.8. The number of carbonyl (C=O) groups excluding carboxylic acids is 1. The van der Waals surface area contributed by atoms with Crippen molar-refractivity contribution in [1.82, 2.24) is 10.6 Å². The molecule has 1 aliphatic rings. The summed E-state index contributed by atoms with van der Waals surface area (Å²) < 4.78 is 0. The molecule has 4 heteroatoms. The first-order valence-corrected chi connectivity index (χ1v) is 6.82. The van der Waals surface area contributed by atoms with Crippen LogP contribution in [0.15, 0.2) is 0 Å². The van der Waals surface area contributed by atoms with Crippen LogP contribution in [0.4, 0.5) is 0 Å². The van der Waals surface area contributed by atoms with Crippen LogP contribution in [0.25, 0.3) is 0 Å². The largest absolute Gasteiger partial charge is 0.352 e. The number of amides is 1. The molecule has 1 rings (SSSR count). The van der Waals surface area contributed by atoms with Crippen LogP contribution < -0.4 is 16.4 Å². The minimum atomic E-state index is 0.143. The van der Waals surface area contributed by atoms with E-state index in [4.69, 9.17) is 5.73 Å². The van der Waals surface area contributed by atoms with Crippen LogP contribution in [-0.4, -0.2) is 31.6 Å². The van der Waals surface area contributed by atoms with Crippen LogP contribution in [0, 0.1) is 11.8 Å². The van der Waals surface area contributed by atoms with Crippen LogP contribution in [0.5, 0.6) is 0 Å². The molecule has 0 bridgehead atoms. The highest BCUT2D eigenvalue weighted by atomic mass is 16.1. The van der Waals surface area contributed by atoms with Crippen molar-refractivity contribution in [3.8, 4) is 0 Å². The zero-order valence-electron chi connectivity index (χ0n) is 11.2. The predicted molar refractivity (Wildman–Crippen MR) is 70.7 cm³/mol. The summed E-state index contributed by atoms with van der Waals surface area (Å²) in [6, 6.07) is 0.143. The van der Waals surface area contributed by atoms with Gasteiger partial charge >= 0.3 is 0 Å². The lowest BCUT2D eigenvalue weighted by Gasteiger charge is -2.19. The van der Waals surface area contributed by atoms with Crippen molar-refractivity contribution >= 4 is 5.91 Å². The SMILES string of the molecule is CC(C)CC(CN)NC(=O)CCC1CCNC1. The van der Waals surface area contributed by atoms with E-state index < -0.39 is 0 Å². The predicted octanol–water partition coefficient (Wildman–Crippen LogP) is 0.866. The summed E-state index contributed by atoms with van der Waals surface area (Å²) in [6.45, 7) is 7.01. The van der Waals surface area contributed by atoms with E-state index in [2.05, 4.69) is 24.5 Å². The third kappa shape index (κ3) is 6.03. The molecular weight excluding hydrogens is 214 g/mol. The Labute approximate surface area is 105 Å². The summed E-state index contributed by atoms with van der Waals surface area (Å²) in [5.74, 6) is 1.41. The first-order chi connectivity index (χ1) is 8.11. The third-order valence-electron chi connectivity index (χ3n) is 3.35. The van der Waals surface area contributed by atoms with Gasteiger partial charge in [-0.15, -0.1) is 0 Å². The summed E-state index contributed by atoms with van der Waals surface area (Å²) in [5, 5.41) is 6.36. The summed E-state index contributed by atoms with van der Waals surface area (Å²) >= 11 is 0. The summed E-state index contributed by atoms with van der Waals surface area (Å²) in [7, 11) is 0. The number of nitrogens with two attached hydrogens (primary N) is 1. The molecule has 0 aromatic carbocycles. The van der Waals surface area contributed by atoms with E-state index in [0.29, 0.717) is 24.8 Å². The Morgan fingerprint density at radius 1 is 1.53 bits per heavy atom. The van der Waals surface area contributed by atoms with Gasteiger partial charge in [-0.2, -0.15) is 0 Å². The Balaban J connectivity index is 2.17. The second kappa shape index (κ2) is 7.67. The Morgan fingerprint density at radius 2 is 2.29 bits per heavy atom. The summed E-state index contributed by atoms with van der Waals surface area (Å²) in [6.07, 6.45) is 3.81.